The summed E-state index contributed by atoms with van der Waals surface area (Å²) in [5, 5.41) is 9.52. The lowest BCUT2D eigenvalue weighted by molar-refractivity contribution is 0.0654. The maximum atomic E-state index is 5.85. The van der Waals surface area contributed by atoms with Gasteiger partial charge in [0.15, 0.2) is 0 Å². The molecule has 6 heteroatoms. The number of rotatable bonds is 7. The smallest absolute Gasteiger partial charge is 0.118 e. The Labute approximate surface area is 151 Å². The molecule has 0 unspecified atom stereocenters. The highest BCUT2D eigenvalue weighted by molar-refractivity contribution is 7.13. The SMILES string of the molecule is Cc1ccc(CN(Cc2cn[nH]c2-c2cccs2)C[C@@H]2CCCO2)o1. The summed E-state index contributed by atoms with van der Waals surface area (Å²) in [6, 6.07) is 8.28. The zero-order valence-electron chi connectivity index (χ0n) is 14.4. The van der Waals surface area contributed by atoms with Crippen LogP contribution in [0.15, 0.2) is 40.3 Å². The first kappa shape index (κ1) is 16.6. The summed E-state index contributed by atoms with van der Waals surface area (Å²) in [5.74, 6) is 1.95. The van der Waals surface area contributed by atoms with Gasteiger partial charge in [-0.3, -0.25) is 10.00 Å². The van der Waals surface area contributed by atoms with Crippen molar-refractivity contribution in [2.75, 3.05) is 13.2 Å². The molecule has 0 aliphatic carbocycles. The van der Waals surface area contributed by atoms with E-state index >= 15 is 0 Å². The Morgan fingerprint density at radius 3 is 3.00 bits per heavy atom. The normalized spacial score (nSPS) is 17.6. The first-order chi connectivity index (χ1) is 12.3. The van der Waals surface area contributed by atoms with E-state index in [9.17, 15) is 0 Å². The fourth-order valence-corrected chi connectivity index (χ4v) is 4.11. The van der Waals surface area contributed by atoms with Gasteiger partial charge in [-0.2, -0.15) is 5.10 Å². The minimum absolute atomic E-state index is 0.313. The van der Waals surface area contributed by atoms with Crippen LogP contribution in [0.5, 0.6) is 0 Å². The lowest BCUT2D eigenvalue weighted by atomic mass is 10.1. The molecule has 0 saturated carbocycles. The fraction of sp³-hybridized carbons (Fsp3) is 0.421. The highest BCUT2D eigenvalue weighted by Gasteiger charge is 2.22. The second-order valence-corrected chi connectivity index (χ2v) is 7.51. The van der Waals surface area contributed by atoms with E-state index in [4.69, 9.17) is 9.15 Å². The van der Waals surface area contributed by atoms with Crippen LogP contribution in [0.25, 0.3) is 10.6 Å². The van der Waals surface area contributed by atoms with Crippen LogP contribution in [0.1, 0.15) is 29.9 Å². The van der Waals surface area contributed by atoms with Crippen molar-refractivity contribution >= 4 is 11.3 Å². The van der Waals surface area contributed by atoms with Crippen molar-refractivity contribution in [2.24, 2.45) is 0 Å². The summed E-state index contributed by atoms with van der Waals surface area (Å²) >= 11 is 1.73. The fourth-order valence-electron chi connectivity index (χ4n) is 3.36. The molecular formula is C19H23N3O2S. The van der Waals surface area contributed by atoms with Crippen LogP contribution in [-0.4, -0.2) is 34.4 Å². The summed E-state index contributed by atoms with van der Waals surface area (Å²) in [6.45, 7) is 5.38. The van der Waals surface area contributed by atoms with Crippen LogP contribution in [0, 0.1) is 6.92 Å². The Bertz CT molecular complexity index is 787. The van der Waals surface area contributed by atoms with Gasteiger partial charge in [0.25, 0.3) is 0 Å². The second kappa shape index (κ2) is 7.56. The van der Waals surface area contributed by atoms with E-state index in [1.54, 1.807) is 11.3 Å². The molecular weight excluding hydrogens is 334 g/mol. The lowest BCUT2D eigenvalue weighted by Crippen LogP contribution is -2.31. The standard InChI is InChI=1S/C19H23N3O2S/c1-14-6-7-17(24-14)13-22(12-16-4-2-8-23-16)11-15-10-20-21-19(15)18-5-3-9-25-18/h3,5-7,9-10,16H,2,4,8,11-13H2,1H3,(H,20,21)/t16-/m0/s1. The van der Waals surface area contributed by atoms with Gasteiger partial charge in [-0.1, -0.05) is 6.07 Å². The molecule has 1 fully saturated rings. The average Bonchev–Trinajstić information content (AvgIpc) is 3.34. The van der Waals surface area contributed by atoms with Crippen molar-refractivity contribution in [1.82, 2.24) is 15.1 Å². The molecule has 132 valence electrons. The van der Waals surface area contributed by atoms with Gasteiger partial charge in [0.05, 0.1) is 29.4 Å². The predicted molar refractivity (Wildman–Crippen MR) is 98.4 cm³/mol. The number of nitrogens with zero attached hydrogens (tertiary/aromatic N) is 2. The Hall–Kier alpha value is -1.89. The number of aromatic nitrogens is 2. The minimum atomic E-state index is 0.313. The third-order valence-corrected chi connectivity index (χ3v) is 5.43. The van der Waals surface area contributed by atoms with Crippen LogP contribution < -0.4 is 0 Å². The maximum Gasteiger partial charge on any atom is 0.118 e. The van der Waals surface area contributed by atoms with Crippen LogP contribution in [-0.2, 0) is 17.8 Å². The number of ether oxygens (including phenoxy) is 1. The third kappa shape index (κ3) is 4.03. The van der Waals surface area contributed by atoms with Crippen LogP contribution in [0.3, 0.4) is 0 Å². The second-order valence-electron chi connectivity index (χ2n) is 6.56. The summed E-state index contributed by atoms with van der Waals surface area (Å²) in [7, 11) is 0. The number of furan rings is 1. The lowest BCUT2D eigenvalue weighted by Gasteiger charge is -2.24. The van der Waals surface area contributed by atoms with E-state index in [1.165, 1.54) is 10.4 Å². The van der Waals surface area contributed by atoms with E-state index in [-0.39, 0.29) is 0 Å². The Balaban J connectivity index is 1.52. The first-order valence-electron chi connectivity index (χ1n) is 8.73. The molecule has 0 bridgehead atoms. The quantitative estimate of drug-likeness (QED) is 0.688. The Kier molecular flexibility index (Phi) is 5.01. The predicted octanol–water partition coefficient (Wildman–Crippen LogP) is 4.22. The number of H-pyrrole nitrogens is 1. The van der Waals surface area contributed by atoms with Gasteiger partial charge in [-0.15, -0.1) is 11.3 Å². The number of nitrogens with one attached hydrogen (secondary N) is 1. The van der Waals surface area contributed by atoms with Crippen molar-refractivity contribution in [1.29, 1.82) is 0 Å². The molecule has 1 N–H and O–H groups in total. The van der Waals surface area contributed by atoms with Crippen LogP contribution in [0.2, 0.25) is 0 Å². The van der Waals surface area contributed by atoms with E-state index in [2.05, 4.69) is 38.7 Å². The molecule has 0 spiro atoms. The molecule has 1 saturated heterocycles. The van der Waals surface area contributed by atoms with Gasteiger partial charge in [0.1, 0.15) is 11.5 Å². The molecule has 25 heavy (non-hydrogen) atoms. The summed E-state index contributed by atoms with van der Waals surface area (Å²) in [6.07, 6.45) is 4.54. The molecule has 4 rings (SSSR count). The number of hydrogen-bond acceptors (Lipinski definition) is 5. The molecule has 0 amide bonds. The van der Waals surface area contributed by atoms with Crippen molar-refractivity contribution < 1.29 is 9.15 Å². The van der Waals surface area contributed by atoms with Gasteiger partial charge < -0.3 is 9.15 Å². The van der Waals surface area contributed by atoms with Gasteiger partial charge in [0.2, 0.25) is 0 Å². The first-order valence-corrected chi connectivity index (χ1v) is 9.61. The van der Waals surface area contributed by atoms with E-state index < -0.39 is 0 Å². The number of aryl methyl sites for hydroxylation is 1. The van der Waals surface area contributed by atoms with Gasteiger partial charge in [0, 0.05) is 25.3 Å². The summed E-state index contributed by atoms with van der Waals surface area (Å²) in [5.41, 5.74) is 2.33. The van der Waals surface area contributed by atoms with Crippen molar-refractivity contribution in [2.45, 2.75) is 39.0 Å². The van der Waals surface area contributed by atoms with Gasteiger partial charge >= 0.3 is 0 Å². The molecule has 1 atom stereocenters. The monoisotopic (exact) mass is 357 g/mol. The van der Waals surface area contributed by atoms with Crippen LogP contribution >= 0.6 is 11.3 Å². The third-order valence-electron chi connectivity index (χ3n) is 4.54. The summed E-state index contributed by atoms with van der Waals surface area (Å²) < 4.78 is 11.7. The van der Waals surface area contributed by atoms with Crippen molar-refractivity contribution in [3.8, 4) is 10.6 Å². The molecule has 0 aromatic carbocycles. The molecule has 3 aromatic heterocycles. The van der Waals surface area contributed by atoms with Gasteiger partial charge in [-0.25, -0.2) is 0 Å². The van der Waals surface area contributed by atoms with E-state index in [1.807, 2.05) is 19.2 Å². The van der Waals surface area contributed by atoms with Gasteiger partial charge in [-0.05, 0) is 43.3 Å². The Morgan fingerprint density at radius 1 is 1.32 bits per heavy atom. The van der Waals surface area contributed by atoms with E-state index in [0.29, 0.717) is 6.10 Å². The minimum Gasteiger partial charge on any atom is -0.465 e. The molecule has 3 aromatic rings. The zero-order chi connectivity index (χ0) is 17.1. The maximum absolute atomic E-state index is 5.85. The molecule has 1 aliphatic rings. The molecule has 4 heterocycles. The highest BCUT2D eigenvalue weighted by Crippen LogP contribution is 2.27. The zero-order valence-corrected chi connectivity index (χ0v) is 15.2. The topological polar surface area (TPSA) is 54.3 Å². The highest BCUT2D eigenvalue weighted by atomic mass is 32.1. The number of hydrogen-bond donors (Lipinski definition) is 1. The van der Waals surface area contributed by atoms with Crippen LogP contribution in [0.4, 0.5) is 0 Å². The van der Waals surface area contributed by atoms with E-state index in [0.717, 1.165) is 56.3 Å². The Morgan fingerprint density at radius 2 is 2.28 bits per heavy atom. The largest absolute Gasteiger partial charge is 0.465 e. The molecule has 1 aliphatic heterocycles. The number of thiophene rings is 1. The number of aromatic amines is 1. The molecule has 0 radical (unpaired) electrons. The van der Waals surface area contributed by atoms with Crippen molar-refractivity contribution in [3.05, 3.63) is 52.9 Å². The van der Waals surface area contributed by atoms with Crippen molar-refractivity contribution in [3.63, 3.8) is 0 Å². The summed E-state index contributed by atoms with van der Waals surface area (Å²) in [4.78, 5) is 3.62. The average molecular weight is 357 g/mol. The molecule has 5 nitrogen and oxygen atoms in total.